The molecule has 1 aromatic rings. The Morgan fingerprint density at radius 2 is 1.73 bits per heavy atom. The summed E-state index contributed by atoms with van der Waals surface area (Å²) in [5.41, 5.74) is 1.16. The molecule has 22 heavy (non-hydrogen) atoms. The number of aromatic carboxylic acids is 1. The van der Waals surface area contributed by atoms with E-state index in [1.165, 1.54) is 25.7 Å². The van der Waals surface area contributed by atoms with Gasteiger partial charge in [0, 0.05) is 12.6 Å². The van der Waals surface area contributed by atoms with Crippen molar-refractivity contribution in [2.75, 3.05) is 6.54 Å². The number of hydrogen-bond donors (Lipinski definition) is 1. The third-order valence-corrected chi connectivity index (χ3v) is 5.12. The number of hydrogen-bond acceptors (Lipinski definition) is 2. The zero-order chi connectivity index (χ0) is 15.5. The van der Waals surface area contributed by atoms with Crippen LogP contribution in [-0.2, 0) is 11.2 Å². The van der Waals surface area contributed by atoms with E-state index in [2.05, 4.69) is 4.90 Å². The highest BCUT2D eigenvalue weighted by atomic mass is 16.4. The fraction of sp³-hybridized carbons (Fsp3) is 0.556. The number of nitrogens with zero attached hydrogens (tertiary/aromatic N) is 1. The molecule has 3 rings (SSSR count). The van der Waals surface area contributed by atoms with Gasteiger partial charge < -0.3 is 10.0 Å². The van der Waals surface area contributed by atoms with Crippen molar-refractivity contribution in [2.24, 2.45) is 5.92 Å². The summed E-state index contributed by atoms with van der Waals surface area (Å²) in [6, 6.07) is 7.09. The Morgan fingerprint density at radius 3 is 2.45 bits per heavy atom. The van der Waals surface area contributed by atoms with Gasteiger partial charge in [-0.15, -0.1) is 0 Å². The van der Waals surface area contributed by atoms with Crippen molar-refractivity contribution in [3.8, 4) is 0 Å². The van der Waals surface area contributed by atoms with Gasteiger partial charge in [0.05, 0.1) is 12.0 Å². The second-order valence-electron chi connectivity index (χ2n) is 6.52. The van der Waals surface area contributed by atoms with Crippen LogP contribution < -0.4 is 0 Å². The first-order valence-corrected chi connectivity index (χ1v) is 8.27. The molecular weight excluding hydrogens is 278 g/mol. The minimum absolute atomic E-state index is 0.194. The summed E-state index contributed by atoms with van der Waals surface area (Å²) in [6.45, 7) is 0.882. The van der Waals surface area contributed by atoms with Crippen molar-refractivity contribution in [1.29, 1.82) is 0 Å². The van der Waals surface area contributed by atoms with Crippen LogP contribution in [-0.4, -0.2) is 34.5 Å². The van der Waals surface area contributed by atoms with Gasteiger partial charge >= 0.3 is 5.97 Å². The molecule has 2 atom stereocenters. The molecule has 0 bridgehead atoms. The second kappa shape index (κ2) is 6.51. The molecule has 1 saturated carbocycles. The zero-order valence-electron chi connectivity index (χ0n) is 12.8. The number of amides is 1. The first-order valence-electron chi connectivity index (χ1n) is 8.27. The van der Waals surface area contributed by atoms with Crippen LogP contribution in [0.15, 0.2) is 24.3 Å². The largest absolute Gasteiger partial charge is 0.478 e. The molecule has 0 spiro atoms. The van der Waals surface area contributed by atoms with Crippen molar-refractivity contribution >= 4 is 11.9 Å². The summed E-state index contributed by atoms with van der Waals surface area (Å²) in [4.78, 5) is 25.6. The lowest BCUT2D eigenvalue weighted by Gasteiger charge is -2.44. The number of carboxylic acid groups (broad SMARTS) is 1. The van der Waals surface area contributed by atoms with Gasteiger partial charge in [0.15, 0.2) is 0 Å². The number of benzene rings is 1. The molecule has 118 valence electrons. The summed E-state index contributed by atoms with van der Waals surface area (Å²) >= 11 is 0. The second-order valence-corrected chi connectivity index (χ2v) is 6.52. The molecule has 0 aromatic heterocycles. The number of carboxylic acids is 1. The topological polar surface area (TPSA) is 57.6 Å². The number of likely N-dealkylation sites (tertiary alicyclic amines) is 1. The Hall–Kier alpha value is -1.84. The van der Waals surface area contributed by atoms with E-state index in [1.54, 1.807) is 24.3 Å². The van der Waals surface area contributed by atoms with Gasteiger partial charge in [-0.2, -0.15) is 0 Å². The van der Waals surface area contributed by atoms with Crippen molar-refractivity contribution < 1.29 is 14.7 Å². The summed E-state index contributed by atoms with van der Waals surface area (Å²) in [7, 11) is 0. The van der Waals surface area contributed by atoms with E-state index < -0.39 is 5.97 Å². The van der Waals surface area contributed by atoms with Gasteiger partial charge in [0.25, 0.3) is 0 Å². The maximum atomic E-state index is 12.7. The average molecular weight is 301 g/mol. The highest BCUT2D eigenvalue weighted by Gasteiger charge is 2.35. The molecular formula is C18H23NO3. The quantitative estimate of drug-likeness (QED) is 0.933. The van der Waals surface area contributed by atoms with Crippen molar-refractivity contribution in [3.05, 3.63) is 35.4 Å². The lowest BCUT2D eigenvalue weighted by Crippen LogP contribution is -2.50. The SMILES string of the molecule is O=C(O)c1ccc(CC(=O)N2CCC[C@H]3CCCC[C@H]32)cc1. The molecule has 0 radical (unpaired) electrons. The Kier molecular flexibility index (Phi) is 4.46. The highest BCUT2D eigenvalue weighted by Crippen LogP contribution is 2.35. The molecule has 2 aliphatic rings. The van der Waals surface area contributed by atoms with Gasteiger partial charge in [-0.3, -0.25) is 4.79 Å². The van der Waals surface area contributed by atoms with Crippen LogP contribution in [0, 0.1) is 5.92 Å². The minimum Gasteiger partial charge on any atom is -0.478 e. The average Bonchev–Trinajstić information content (AvgIpc) is 2.54. The number of carbonyl (C=O) groups excluding carboxylic acids is 1. The molecule has 1 aliphatic heterocycles. The van der Waals surface area contributed by atoms with Crippen LogP contribution in [0.25, 0.3) is 0 Å². The molecule has 4 heteroatoms. The maximum absolute atomic E-state index is 12.7. The van der Waals surface area contributed by atoms with Gasteiger partial charge in [-0.1, -0.05) is 25.0 Å². The van der Waals surface area contributed by atoms with Gasteiger partial charge in [-0.05, 0) is 49.3 Å². The predicted molar refractivity (Wildman–Crippen MR) is 83.8 cm³/mol. The standard InChI is InChI=1S/C18H23NO3/c20-17(12-13-7-9-15(10-8-13)18(21)22)19-11-3-5-14-4-1-2-6-16(14)19/h7-10,14,16H,1-6,11-12H2,(H,21,22)/t14-,16-/m1/s1. The van der Waals surface area contributed by atoms with E-state index in [9.17, 15) is 9.59 Å². The molecule has 0 unspecified atom stereocenters. The normalized spacial score (nSPS) is 24.6. The fourth-order valence-corrected chi connectivity index (χ4v) is 3.98. The smallest absolute Gasteiger partial charge is 0.335 e. The Labute approximate surface area is 131 Å². The molecule has 1 amide bonds. The Bertz CT molecular complexity index is 550. The third kappa shape index (κ3) is 3.16. The third-order valence-electron chi connectivity index (χ3n) is 5.12. The Balaban J connectivity index is 1.66. The van der Waals surface area contributed by atoms with Gasteiger partial charge in [0.2, 0.25) is 5.91 Å². The summed E-state index contributed by atoms with van der Waals surface area (Å²) in [6.07, 6.45) is 7.71. The predicted octanol–water partition coefficient (Wildman–Crippen LogP) is 3.11. The Morgan fingerprint density at radius 1 is 1.05 bits per heavy atom. The highest BCUT2D eigenvalue weighted by molar-refractivity contribution is 5.87. The van der Waals surface area contributed by atoms with E-state index in [0.29, 0.717) is 18.4 Å². The summed E-state index contributed by atoms with van der Waals surface area (Å²) < 4.78 is 0. The van der Waals surface area contributed by atoms with Gasteiger partial charge in [0.1, 0.15) is 0 Å². The van der Waals surface area contributed by atoms with Crippen LogP contribution in [0.5, 0.6) is 0 Å². The molecule has 1 saturated heterocycles. The molecule has 1 aromatic carbocycles. The fourth-order valence-electron chi connectivity index (χ4n) is 3.98. The van der Waals surface area contributed by atoms with Crippen LogP contribution in [0.4, 0.5) is 0 Å². The zero-order valence-corrected chi connectivity index (χ0v) is 12.8. The molecule has 1 N–H and O–H groups in total. The molecule has 4 nitrogen and oxygen atoms in total. The van der Waals surface area contributed by atoms with E-state index in [4.69, 9.17) is 5.11 Å². The van der Waals surface area contributed by atoms with E-state index in [0.717, 1.165) is 24.9 Å². The molecule has 1 heterocycles. The van der Waals surface area contributed by atoms with Crippen molar-refractivity contribution in [1.82, 2.24) is 4.90 Å². The summed E-state index contributed by atoms with van der Waals surface area (Å²) in [5, 5.41) is 8.92. The van der Waals surface area contributed by atoms with Crippen LogP contribution >= 0.6 is 0 Å². The van der Waals surface area contributed by atoms with E-state index in [-0.39, 0.29) is 11.5 Å². The number of carbonyl (C=O) groups is 2. The van der Waals surface area contributed by atoms with Crippen molar-refractivity contribution in [2.45, 2.75) is 51.0 Å². The monoisotopic (exact) mass is 301 g/mol. The number of fused-ring (bicyclic) bond motifs is 1. The van der Waals surface area contributed by atoms with Crippen LogP contribution in [0.3, 0.4) is 0 Å². The van der Waals surface area contributed by atoms with Gasteiger partial charge in [-0.25, -0.2) is 4.79 Å². The molecule has 1 aliphatic carbocycles. The lowest BCUT2D eigenvalue weighted by molar-refractivity contribution is -0.136. The van der Waals surface area contributed by atoms with Crippen LogP contribution in [0.1, 0.15) is 54.4 Å². The number of rotatable bonds is 3. The first-order chi connectivity index (χ1) is 10.6. The maximum Gasteiger partial charge on any atom is 0.335 e. The minimum atomic E-state index is -0.932. The lowest BCUT2D eigenvalue weighted by atomic mass is 9.78. The molecule has 2 fully saturated rings. The van der Waals surface area contributed by atoms with E-state index in [1.807, 2.05) is 0 Å². The number of piperidine rings is 1. The van der Waals surface area contributed by atoms with E-state index >= 15 is 0 Å². The first kappa shape index (κ1) is 15.1. The summed E-state index contributed by atoms with van der Waals surface area (Å²) in [5.74, 6) is -0.0422. The van der Waals surface area contributed by atoms with Crippen molar-refractivity contribution in [3.63, 3.8) is 0 Å². The van der Waals surface area contributed by atoms with Crippen LogP contribution in [0.2, 0.25) is 0 Å².